The quantitative estimate of drug-likeness (QED) is 0.845. The zero-order valence-corrected chi connectivity index (χ0v) is 13.2. The molecule has 0 radical (unpaired) electrons. The molecule has 0 aromatic heterocycles. The van der Waals surface area contributed by atoms with Crippen molar-refractivity contribution >= 4 is 17.5 Å². The molecule has 0 unspecified atom stereocenters. The molecule has 0 aliphatic heterocycles. The third-order valence-corrected chi connectivity index (χ3v) is 3.58. The van der Waals surface area contributed by atoms with Crippen LogP contribution in [-0.2, 0) is 4.79 Å². The number of hydrogen-bond donors (Lipinski definition) is 2. The minimum absolute atomic E-state index is 0.0478. The van der Waals surface area contributed by atoms with Crippen LogP contribution >= 0.6 is 0 Å². The van der Waals surface area contributed by atoms with Crippen molar-refractivity contribution in [3.8, 4) is 5.75 Å². The van der Waals surface area contributed by atoms with E-state index in [0.717, 1.165) is 25.0 Å². The Balaban J connectivity index is 1.55. The fraction of sp³-hybridized carbons (Fsp3) is 0.222. The summed E-state index contributed by atoms with van der Waals surface area (Å²) in [6, 6.07) is 9.79. The maximum atomic E-state index is 13.1. The summed E-state index contributed by atoms with van der Waals surface area (Å²) in [4.78, 5) is 23.9. The van der Waals surface area contributed by atoms with Crippen LogP contribution in [-0.4, -0.2) is 24.5 Å². The Labute approximate surface area is 143 Å². The SMILES string of the molecule is O=C(COc1ccc(F)c(F)c1)Nc1cccc(C(=O)NC2CC2)c1. The molecule has 0 atom stereocenters. The van der Waals surface area contributed by atoms with E-state index in [2.05, 4.69) is 10.6 Å². The molecule has 2 amide bonds. The second kappa shape index (κ2) is 7.29. The van der Waals surface area contributed by atoms with Gasteiger partial charge in [-0.2, -0.15) is 0 Å². The smallest absolute Gasteiger partial charge is 0.262 e. The van der Waals surface area contributed by atoms with Gasteiger partial charge < -0.3 is 15.4 Å². The maximum Gasteiger partial charge on any atom is 0.262 e. The van der Waals surface area contributed by atoms with Gasteiger partial charge in [-0.15, -0.1) is 0 Å². The Morgan fingerprint density at radius 3 is 2.60 bits per heavy atom. The van der Waals surface area contributed by atoms with Gasteiger partial charge in [0.15, 0.2) is 18.2 Å². The van der Waals surface area contributed by atoms with E-state index < -0.39 is 17.5 Å². The molecule has 25 heavy (non-hydrogen) atoms. The molecule has 1 aliphatic carbocycles. The summed E-state index contributed by atoms with van der Waals surface area (Å²) in [6.45, 7) is -0.371. The van der Waals surface area contributed by atoms with Gasteiger partial charge in [0.2, 0.25) is 0 Å². The molecule has 0 bridgehead atoms. The van der Waals surface area contributed by atoms with Crippen LogP contribution in [0.25, 0.3) is 0 Å². The highest BCUT2D eigenvalue weighted by Crippen LogP contribution is 2.20. The predicted octanol–water partition coefficient (Wildman–Crippen LogP) is 2.87. The number of ether oxygens (including phenoxy) is 1. The Hall–Kier alpha value is -2.96. The number of hydrogen-bond acceptors (Lipinski definition) is 3. The molecule has 5 nitrogen and oxygen atoms in total. The van der Waals surface area contributed by atoms with Crippen molar-refractivity contribution in [2.75, 3.05) is 11.9 Å². The molecule has 0 heterocycles. The lowest BCUT2D eigenvalue weighted by molar-refractivity contribution is -0.118. The Bertz CT molecular complexity index is 807. The first-order valence-corrected chi connectivity index (χ1v) is 7.80. The summed E-state index contributed by atoms with van der Waals surface area (Å²) in [7, 11) is 0. The van der Waals surface area contributed by atoms with Crippen LogP contribution in [0.2, 0.25) is 0 Å². The summed E-state index contributed by atoms with van der Waals surface area (Å²) in [5.41, 5.74) is 0.897. The first-order valence-electron chi connectivity index (χ1n) is 7.80. The lowest BCUT2D eigenvalue weighted by atomic mass is 10.2. The molecule has 2 N–H and O–H groups in total. The number of carbonyl (C=O) groups is 2. The van der Waals surface area contributed by atoms with Crippen molar-refractivity contribution in [3.63, 3.8) is 0 Å². The van der Waals surface area contributed by atoms with Crippen LogP contribution in [0.4, 0.5) is 14.5 Å². The number of halogens is 2. The number of benzene rings is 2. The van der Waals surface area contributed by atoms with Gasteiger partial charge in [0.05, 0.1) is 0 Å². The van der Waals surface area contributed by atoms with E-state index in [1.165, 1.54) is 6.07 Å². The first-order chi connectivity index (χ1) is 12.0. The van der Waals surface area contributed by atoms with Crippen molar-refractivity contribution in [1.82, 2.24) is 5.32 Å². The lowest BCUT2D eigenvalue weighted by Crippen LogP contribution is -2.25. The van der Waals surface area contributed by atoms with Crippen LogP contribution in [0.1, 0.15) is 23.2 Å². The molecule has 2 aromatic rings. The fourth-order valence-corrected chi connectivity index (χ4v) is 2.15. The van der Waals surface area contributed by atoms with Gasteiger partial charge in [-0.3, -0.25) is 9.59 Å². The molecule has 7 heteroatoms. The highest BCUT2D eigenvalue weighted by Gasteiger charge is 2.23. The zero-order chi connectivity index (χ0) is 17.8. The first kappa shape index (κ1) is 16.9. The van der Waals surface area contributed by atoms with Gasteiger partial charge in [0.1, 0.15) is 5.75 Å². The van der Waals surface area contributed by atoms with Crippen molar-refractivity contribution in [2.45, 2.75) is 18.9 Å². The van der Waals surface area contributed by atoms with Crippen molar-refractivity contribution < 1.29 is 23.1 Å². The topological polar surface area (TPSA) is 67.4 Å². The molecule has 0 spiro atoms. The molecule has 1 aliphatic rings. The van der Waals surface area contributed by atoms with E-state index in [1.54, 1.807) is 24.3 Å². The molecule has 130 valence electrons. The standard InChI is InChI=1S/C18H16F2N2O3/c19-15-7-6-14(9-16(15)20)25-10-17(23)21-13-3-1-2-11(8-13)18(24)22-12-4-5-12/h1-3,6-9,12H,4-5,10H2,(H,21,23)(H,22,24). The van der Waals surface area contributed by atoms with E-state index in [-0.39, 0.29) is 24.3 Å². The van der Waals surface area contributed by atoms with Crippen LogP contribution in [0.3, 0.4) is 0 Å². The largest absolute Gasteiger partial charge is 0.484 e. The number of nitrogens with one attached hydrogen (secondary N) is 2. The summed E-state index contributed by atoms with van der Waals surface area (Å²) >= 11 is 0. The monoisotopic (exact) mass is 346 g/mol. The normalized spacial score (nSPS) is 13.2. The average molecular weight is 346 g/mol. The van der Waals surface area contributed by atoms with Gasteiger partial charge in [-0.05, 0) is 43.2 Å². The van der Waals surface area contributed by atoms with E-state index in [0.29, 0.717) is 11.3 Å². The number of amides is 2. The van der Waals surface area contributed by atoms with E-state index in [4.69, 9.17) is 4.74 Å². The highest BCUT2D eigenvalue weighted by molar-refractivity contribution is 5.97. The zero-order valence-electron chi connectivity index (χ0n) is 13.2. The third-order valence-electron chi connectivity index (χ3n) is 3.58. The summed E-state index contributed by atoms with van der Waals surface area (Å²) in [5, 5.41) is 5.46. The van der Waals surface area contributed by atoms with Crippen molar-refractivity contribution in [2.24, 2.45) is 0 Å². The van der Waals surface area contributed by atoms with Crippen molar-refractivity contribution in [1.29, 1.82) is 0 Å². The molecular weight excluding hydrogens is 330 g/mol. The highest BCUT2D eigenvalue weighted by atomic mass is 19.2. The number of rotatable bonds is 6. The van der Waals surface area contributed by atoms with E-state index >= 15 is 0 Å². The van der Waals surface area contributed by atoms with Gasteiger partial charge in [-0.25, -0.2) is 8.78 Å². The van der Waals surface area contributed by atoms with Crippen LogP contribution in [0, 0.1) is 11.6 Å². The molecule has 1 saturated carbocycles. The van der Waals surface area contributed by atoms with E-state index in [1.807, 2.05) is 0 Å². The van der Waals surface area contributed by atoms with Gasteiger partial charge >= 0.3 is 0 Å². The number of anilines is 1. The minimum Gasteiger partial charge on any atom is -0.484 e. The maximum absolute atomic E-state index is 13.1. The van der Waals surface area contributed by atoms with Crippen molar-refractivity contribution in [3.05, 3.63) is 59.7 Å². The summed E-state index contributed by atoms with van der Waals surface area (Å²) < 4.78 is 31.0. The van der Waals surface area contributed by atoms with Gasteiger partial charge in [0.25, 0.3) is 11.8 Å². The van der Waals surface area contributed by atoms with Gasteiger partial charge in [0, 0.05) is 23.4 Å². The number of carbonyl (C=O) groups excluding carboxylic acids is 2. The fourth-order valence-electron chi connectivity index (χ4n) is 2.15. The van der Waals surface area contributed by atoms with Crippen LogP contribution in [0.5, 0.6) is 5.75 Å². The van der Waals surface area contributed by atoms with Crippen LogP contribution < -0.4 is 15.4 Å². The second-order valence-electron chi connectivity index (χ2n) is 5.74. The molecule has 1 fully saturated rings. The summed E-state index contributed by atoms with van der Waals surface area (Å²) in [6.07, 6.45) is 1.98. The second-order valence-corrected chi connectivity index (χ2v) is 5.74. The molecular formula is C18H16F2N2O3. The Kier molecular flexibility index (Phi) is 4.92. The average Bonchev–Trinajstić information content (AvgIpc) is 3.40. The predicted molar refractivity (Wildman–Crippen MR) is 87.4 cm³/mol. The molecule has 0 saturated heterocycles. The Morgan fingerprint density at radius 2 is 1.88 bits per heavy atom. The Morgan fingerprint density at radius 1 is 1.08 bits per heavy atom. The lowest BCUT2D eigenvalue weighted by Gasteiger charge is -2.09. The molecule has 3 rings (SSSR count). The van der Waals surface area contributed by atoms with E-state index in [9.17, 15) is 18.4 Å². The van der Waals surface area contributed by atoms with Gasteiger partial charge in [-0.1, -0.05) is 6.07 Å². The minimum atomic E-state index is -1.05. The van der Waals surface area contributed by atoms with Crippen LogP contribution in [0.15, 0.2) is 42.5 Å². The summed E-state index contributed by atoms with van der Waals surface area (Å²) in [5.74, 6) is -2.65. The molecule has 2 aromatic carbocycles. The third kappa shape index (κ3) is 4.76.